The molecule has 7 heteroatoms. The van der Waals surface area contributed by atoms with Gasteiger partial charge in [0.15, 0.2) is 17.7 Å². The molecule has 0 radical (unpaired) electrons. The number of hydrogen-bond donors (Lipinski definition) is 1. The Hall–Kier alpha value is -0.790. The van der Waals surface area contributed by atoms with E-state index in [0.717, 1.165) is 0 Å². The topological polar surface area (TPSA) is 52.3 Å². The van der Waals surface area contributed by atoms with E-state index in [2.05, 4.69) is 15.9 Å². The summed E-state index contributed by atoms with van der Waals surface area (Å²) < 4.78 is 44.0. The van der Waals surface area contributed by atoms with Gasteiger partial charge in [-0.1, -0.05) is 6.08 Å². The highest BCUT2D eigenvalue weighted by Gasteiger charge is 2.31. The second-order valence-electron chi connectivity index (χ2n) is 5.02. The van der Waals surface area contributed by atoms with Crippen LogP contribution < -0.4 is 9.88 Å². The quantitative estimate of drug-likeness (QED) is 0.875. The van der Waals surface area contributed by atoms with E-state index in [1.807, 2.05) is 0 Å². The van der Waals surface area contributed by atoms with Gasteiger partial charge in [-0.2, -0.15) is 0 Å². The van der Waals surface area contributed by atoms with Gasteiger partial charge in [-0.05, 0) is 47.5 Å². The predicted octanol–water partition coefficient (Wildman–Crippen LogP) is 3.10. The Labute approximate surface area is 126 Å². The molecule has 0 aliphatic carbocycles. The number of nitrogens with two attached hydrogens (primary N) is 1. The number of benzene rings is 1. The molecule has 110 valence electrons. The highest BCUT2D eigenvalue weighted by atomic mass is 79.9. The molecule has 0 spiro atoms. The largest absolute Gasteiger partial charge is 0.486 e. The third-order valence-corrected chi connectivity index (χ3v) is 4.86. The van der Waals surface area contributed by atoms with Crippen LogP contribution in [-0.4, -0.2) is 21.7 Å². The summed E-state index contributed by atoms with van der Waals surface area (Å²) in [5, 5.41) is 5.40. The third kappa shape index (κ3) is 2.80. The van der Waals surface area contributed by atoms with Crippen molar-refractivity contribution in [2.75, 3.05) is 6.61 Å². The molecule has 1 aromatic carbocycles. The number of halogens is 3. The summed E-state index contributed by atoms with van der Waals surface area (Å²) in [6.07, 6.45) is 0.0774. The van der Waals surface area contributed by atoms with Gasteiger partial charge >= 0.3 is 0 Å². The van der Waals surface area contributed by atoms with Gasteiger partial charge in [0.1, 0.15) is 6.61 Å². The van der Waals surface area contributed by atoms with Crippen molar-refractivity contribution >= 4 is 32.5 Å². The lowest BCUT2D eigenvalue weighted by Crippen LogP contribution is -2.32. The average Bonchev–Trinajstić information content (AvgIpc) is 2.37. The summed E-state index contributed by atoms with van der Waals surface area (Å²) >= 11 is 3.06. The van der Waals surface area contributed by atoms with Crippen LogP contribution in [0.2, 0.25) is 0 Å². The van der Waals surface area contributed by atoms with Crippen molar-refractivity contribution in [3.8, 4) is 5.75 Å². The van der Waals surface area contributed by atoms with Gasteiger partial charge in [0, 0.05) is 5.56 Å². The maximum atomic E-state index is 14.1. The van der Waals surface area contributed by atoms with Crippen LogP contribution in [0.25, 0.3) is 5.57 Å². The number of alkyl halides is 1. The molecule has 0 saturated carbocycles. The fourth-order valence-corrected chi connectivity index (χ4v) is 2.47. The molecule has 1 aromatic rings. The summed E-state index contributed by atoms with van der Waals surface area (Å²) in [5.74, 6) is -0.579. The zero-order chi connectivity index (χ0) is 15.1. The monoisotopic (exact) mass is 365 g/mol. The Bertz CT molecular complexity index is 604. The van der Waals surface area contributed by atoms with Crippen molar-refractivity contribution in [3.05, 3.63) is 34.1 Å². The van der Waals surface area contributed by atoms with Crippen molar-refractivity contribution in [3.63, 3.8) is 0 Å². The van der Waals surface area contributed by atoms with Crippen LogP contribution in [0.5, 0.6) is 5.75 Å². The molecule has 1 aliphatic heterocycles. The molecule has 1 heterocycles. The average molecular weight is 366 g/mol. The molecule has 0 amide bonds. The van der Waals surface area contributed by atoms with Crippen molar-refractivity contribution < 1.29 is 17.7 Å². The second-order valence-corrected chi connectivity index (χ2v) is 7.52. The molecular formula is C13H14BrF2NO2S. The Balaban J connectivity index is 2.59. The van der Waals surface area contributed by atoms with Crippen molar-refractivity contribution in [1.82, 2.24) is 0 Å². The summed E-state index contributed by atoms with van der Waals surface area (Å²) in [7, 11) is -1.67. The molecule has 20 heavy (non-hydrogen) atoms. The number of ether oxygens (including phenoxy) is 1. The molecule has 3 nitrogen and oxygen atoms in total. The Morgan fingerprint density at radius 1 is 1.55 bits per heavy atom. The van der Waals surface area contributed by atoms with E-state index in [1.165, 1.54) is 12.1 Å². The summed E-state index contributed by atoms with van der Waals surface area (Å²) in [5.41, 5.74) is 0.574. The number of hydrogen-bond acceptors (Lipinski definition) is 2. The zero-order valence-electron chi connectivity index (χ0n) is 11.0. The molecule has 2 atom stereocenters. The van der Waals surface area contributed by atoms with Gasteiger partial charge in [0.05, 0.1) is 20.2 Å². The first-order valence-corrected chi connectivity index (χ1v) is 7.89. The van der Waals surface area contributed by atoms with E-state index in [4.69, 9.17) is 9.88 Å². The fourth-order valence-electron chi connectivity index (χ4n) is 1.92. The van der Waals surface area contributed by atoms with E-state index < -0.39 is 27.7 Å². The van der Waals surface area contributed by atoms with E-state index in [9.17, 15) is 13.0 Å². The van der Waals surface area contributed by atoms with Gasteiger partial charge in [-0.25, -0.2) is 13.0 Å². The first-order chi connectivity index (χ1) is 9.24. The van der Waals surface area contributed by atoms with Crippen LogP contribution in [0.1, 0.15) is 19.4 Å². The van der Waals surface area contributed by atoms with E-state index in [-0.39, 0.29) is 22.4 Å². The van der Waals surface area contributed by atoms with Gasteiger partial charge < -0.3 is 4.74 Å². The van der Waals surface area contributed by atoms with Gasteiger partial charge in [0.25, 0.3) is 0 Å². The lowest BCUT2D eigenvalue weighted by Gasteiger charge is -2.27. The lowest BCUT2D eigenvalue weighted by atomic mass is 9.94. The maximum Gasteiger partial charge on any atom is 0.179 e. The Morgan fingerprint density at radius 3 is 2.80 bits per heavy atom. The third-order valence-electron chi connectivity index (χ3n) is 3.09. The van der Waals surface area contributed by atoms with Crippen LogP contribution in [0.3, 0.4) is 0 Å². The highest BCUT2D eigenvalue weighted by molar-refractivity contribution is 9.10. The minimum atomic E-state index is -1.67. The molecule has 0 aromatic heterocycles. The number of rotatable bonds is 2. The molecule has 0 saturated heterocycles. The molecule has 0 fully saturated rings. The molecule has 1 unspecified atom stereocenters. The summed E-state index contributed by atoms with van der Waals surface area (Å²) in [4.78, 5) is 0. The minimum Gasteiger partial charge on any atom is -0.486 e. The molecular weight excluding hydrogens is 352 g/mol. The Kier molecular flexibility index (Phi) is 4.32. The molecule has 0 bridgehead atoms. The molecule has 2 rings (SSSR count). The highest BCUT2D eigenvalue weighted by Crippen LogP contribution is 2.40. The van der Waals surface area contributed by atoms with Crippen molar-refractivity contribution in [2.24, 2.45) is 5.14 Å². The lowest BCUT2D eigenvalue weighted by molar-refractivity contribution is 0.214. The van der Waals surface area contributed by atoms with E-state index in [1.54, 1.807) is 19.9 Å². The molecule has 1 aliphatic rings. The summed E-state index contributed by atoms with van der Waals surface area (Å²) in [6.45, 7) is 2.99. The van der Waals surface area contributed by atoms with E-state index >= 15 is 0 Å². The minimum absolute atomic E-state index is 0.00173. The van der Waals surface area contributed by atoms with Gasteiger partial charge in [-0.15, -0.1) is 0 Å². The van der Waals surface area contributed by atoms with Crippen molar-refractivity contribution in [2.45, 2.75) is 24.8 Å². The van der Waals surface area contributed by atoms with Gasteiger partial charge in [-0.3, -0.25) is 5.14 Å². The van der Waals surface area contributed by atoms with Crippen LogP contribution in [0.15, 0.2) is 22.7 Å². The predicted molar refractivity (Wildman–Crippen MR) is 78.9 cm³/mol. The van der Waals surface area contributed by atoms with Gasteiger partial charge in [0.2, 0.25) is 0 Å². The van der Waals surface area contributed by atoms with E-state index in [0.29, 0.717) is 5.56 Å². The van der Waals surface area contributed by atoms with Crippen molar-refractivity contribution in [1.29, 1.82) is 0 Å². The fraction of sp³-hybridized carbons (Fsp3) is 0.385. The first-order valence-electron chi connectivity index (χ1n) is 5.88. The van der Waals surface area contributed by atoms with Crippen LogP contribution in [0, 0.1) is 5.82 Å². The second kappa shape index (κ2) is 5.54. The maximum absolute atomic E-state index is 14.1. The van der Waals surface area contributed by atoms with Crippen LogP contribution >= 0.6 is 15.9 Å². The molecule has 2 N–H and O–H groups in total. The van der Waals surface area contributed by atoms with Crippen LogP contribution in [0.4, 0.5) is 8.78 Å². The normalized spacial score (nSPS) is 22.3. The number of fused-ring (bicyclic) bond motifs is 1. The standard InChI is InChI=1S/C13H14BrF2NO2S/c1-13(2,20(17)18)5-8-7-3-4-9(14)11(16)12(7)19-6-10(8)15/h3-5,10H,6,17H2,1-2H3/t10-,20?/m1/s1. The zero-order valence-corrected chi connectivity index (χ0v) is 13.4. The first kappa shape index (κ1) is 15.6. The summed E-state index contributed by atoms with van der Waals surface area (Å²) in [6, 6.07) is 3.05. The van der Waals surface area contributed by atoms with Crippen LogP contribution in [-0.2, 0) is 11.0 Å². The smallest absolute Gasteiger partial charge is 0.179 e. The Morgan fingerprint density at radius 2 is 2.20 bits per heavy atom. The SMILES string of the molecule is CC(C)(C=C1c2ccc(Br)c(F)c2OC[C@H]1F)S(N)=O.